The van der Waals surface area contributed by atoms with Gasteiger partial charge < -0.3 is 19.3 Å². The van der Waals surface area contributed by atoms with Crippen molar-refractivity contribution in [3.05, 3.63) is 97.1 Å². The van der Waals surface area contributed by atoms with Crippen LogP contribution in [0.1, 0.15) is 0 Å². The highest BCUT2D eigenvalue weighted by atomic mass is 28.3. The zero-order chi connectivity index (χ0) is 26.0. The van der Waals surface area contributed by atoms with E-state index in [0.29, 0.717) is 0 Å². The number of anilines is 6. The molecule has 0 bridgehead atoms. The summed E-state index contributed by atoms with van der Waals surface area (Å²) in [6, 6.07) is 34.8. The highest BCUT2D eigenvalue weighted by molar-refractivity contribution is 7.01. The SMILES string of the molecule is C[Si](C)(C)c1cc2c3c(c1)N1c4ccccc4Oc4cccc(c41)B3c1cccc3c1N2c1ccccc1O3. The van der Waals surface area contributed by atoms with Gasteiger partial charge in [0.05, 0.1) is 30.8 Å². The molecule has 4 aliphatic heterocycles. The number of hydrogen-bond acceptors (Lipinski definition) is 4. The van der Waals surface area contributed by atoms with E-state index in [4.69, 9.17) is 9.47 Å². The summed E-state index contributed by atoms with van der Waals surface area (Å²) < 4.78 is 13.0. The maximum atomic E-state index is 6.52. The minimum absolute atomic E-state index is 0.0748. The monoisotopic (exact) mass is 520 g/mol. The molecule has 0 N–H and O–H groups in total. The topological polar surface area (TPSA) is 24.9 Å². The van der Waals surface area contributed by atoms with Crippen LogP contribution >= 0.6 is 0 Å². The third-order valence-electron chi connectivity index (χ3n) is 8.55. The number of hydrogen-bond donors (Lipinski definition) is 0. The first-order chi connectivity index (χ1) is 19.0. The molecule has 4 heterocycles. The highest BCUT2D eigenvalue weighted by Gasteiger charge is 2.48. The van der Waals surface area contributed by atoms with Crippen molar-refractivity contribution < 1.29 is 9.47 Å². The molecule has 5 aromatic carbocycles. The second-order valence-corrected chi connectivity index (χ2v) is 16.9. The molecule has 0 aromatic heterocycles. The average molecular weight is 520 g/mol. The predicted octanol–water partition coefficient (Wildman–Crippen LogP) is 6.53. The van der Waals surface area contributed by atoms with Gasteiger partial charge in [-0.3, -0.25) is 0 Å². The van der Waals surface area contributed by atoms with Crippen molar-refractivity contribution >= 4 is 70.5 Å². The summed E-state index contributed by atoms with van der Waals surface area (Å²) in [6.45, 7) is 7.38. The first kappa shape index (κ1) is 21.5. The van der Waals surface area contributed by atoms with E-state index in [2.05, 4.69) is 127 Å². The normalized spacial score (nSPS) is 14.8. The maximum Gasteiger partial charge on any atom is 0.252 e. The second kappa shape index (κ2) is 7.16. The Bertz CT molecular complexity index is 1770. The lowest BCUT2D eigenvalue weighted by atomic mass is 9.33. The quantitative estimate of drug-likeness (QED) is 0.230. The molecular weight excluding hydrogens is 495 g/mol. The van der Waals surface area contributed by atoms with Crippen LogP contribution in [0.4, 0.5) is 34.1 Å². The fourth-order valence-electron chi connectivity index (χ4n) is 6.82. The van der Waals surface area contributed by atoms with Crippen LogP contribution < -0.4 is 40.8 Å². The van der Waals surface area contributed by atoms with E-state index in [1.165, 1.54) is 32.9 Å². The zero-order valence-electron chi connectivity index (χ0n) is 22.0. The van der Waals surface area contributed by atoms with Crippen molar-refractivity contribution in [2.45, 2.75) is 19.6 Å². The molecule has 186 valence electrons. The van der Waals surface area contributed by atoms with Gasteiger partial charge in [0.15, 0.2) is 23.0 Å². The fourth-order valence-corrected chi connectivity index (χ4v) is 7.96. The van der Waals surface area contributed by atoms with Crippen LogP contribution in [-0.4, -0.2) is 14.8 Å². The minimum Gasteiger partial charge on any atom is -0.453 e. The molecule has 4 nitrogen and oxygen atoms in total. The molecule has 4 aliphatic rings. The Hall–Kier alpha value is -4.42. The van der Waals surface area contributed by atoms with Crippen LogP contribution in [-0.2, 0) is 0 Å². The molecule has 9 rings (SSSR count). The van der Waals surface area contributed by atoms with E-state index in [9.17, 15) is 0 Å². The Morgan fingerprint density at radius 1 is 0.538 bits per heavy atom. The minimum atomic E-state index is -1.70. The van der Waals surface area contributed by atoms with Gasteiger partial charge >= 0.3 is 0 Å². The van der Waals surface area contributed by atoms with Crippen LogP contribution in [0.15, 0.2) is 97.1 Å². The molecule has 0 spiro atoms. The van der Waals surface area contributed by atoms with Crippen molar-refractivity contribution in [2.24, 2.45) is 0 Å². The number of ether oxygens (including phenoxy) is 2. The molecule has 0 saturated carbocycles. The number of para-hydroxylation sites is 6. The molecule has 0 atom stereocenters. The van der Waals surface area contributed by atoms with Gasteiger partial charge in [-0.15, -0.1) is 0 Å². The van der Waals surface area contributed by atoms with E-state index in [0.717, 1.165) is 45.7 Å². The Morgan fingerprint density at radius 2 is 1.00 bits per heavy atom. The van der Waals surface area contributed by atoms with Gasteiger partial charge in [0, 0.05) is 11.4 Å². The number of fused-ring (bicyclic) bond motifs is 8. The third-order valence-corrected chi connectivity index (χ3v) is 10.6. The van der Waals surface area contributed by atoms with E-state index in [1.807, 2.05) is 0 Å². The van der Waals surface area contributed by atoms with Gasteiger partial charge in [-0.2, -0.15) is 0 Å². The molecule has 39 heavy (non-hydrogen) atoms. The van der Waals surface area contributed by atoms with Gasteiger partial charge in [0.1, 0.15) is 0 Å². The fraction of sp³-hybridized carbons (Fsp3) is 0.0909. The van der Waals surface area contributed by atoms with E-state index in [1.54, 1.807) is 0 Å². The summed E-state index contributed by atoms with van der Waals surface area (Å²) in [5.74, 6) is 3.60. The molecular formula is C33H25BN2O2Si. The molecule has 0 fully saturated rings. The van der Waals surface area contributed by atoms with Gasteiger partial charge in [-0.1, -0.05) is 73.4 Å². The van der Waals surface area contributed by atoms with Crippen LogP contribution in [0.25, 0.3) is 0 Å². The summed E-state index contributed by atoms with van der Waals surface area (Å²) in [5.41, 5.74) is 10.9. The summed E-state index contributed by atoms with van der Waals surface area (Å²) in [7, 11) is -1.70. The van der Waals surface area contributed by atoms with E-state index in [-0.39, 0.29) is 6.71 Å². The molecule has 0 amide bonds. The first-order valence-corrected chi connectivity index (χ1v) is 17.1. The number of rotatable bonds is 1. The Balaban J connectivity index is 1.46. The van der Waals surface area contributed by atoms with E-state index >= 15 is 0 Å². The van der Waals surface area contributed by atoms with Crippen molar-refractivity contribution in [3.63, 3.8) is 0 Å². The van der Waals surface area contributed by atoms with Gasteiger partial charge in [-0.25, -0.2) is 0 Å². The standard InChI is InChI=1S/C33H25BN2O2Si/c1-39(2,3)20-18-25-31-26(19-20)36-24-13-5-7-15-28(24)38-30-17-9-11-22(33(30)36)34(31)21-10-8-16-29-32(21)35(25)23-12-4-6-14-27(23)37-29/h4-19H,1-3H3. The number of nitrogens with zero attached hydrogens (tertiary/aromatic N) is 2. The summed E-state index contributed by atoms with van der Waals surface area (Å²) in [6.07, 6.45) is 0. The highest BCUT2D eigenvalue weighted by Crippen LogP contribution is 2.55. The van der Waals surface area contributed by atoms with Crippen molar-refractivity contribution in [3.8, 4) is 23.0 Å². The lowest BCUT2D eigenvalue weighted by Gasteiger charge is -2.47. The van der Waals surface area contributed by atoms with Gasteiger partial charge in [0.2, 0.25) is 0 Å². The van der Waals surface area contributed by atoms with Crippen LogP contribution in [0, 0.1) is 0 Å². The Morgan fingerprint density at radius 3 is 1.49 bits per heavy atom. The summed E-state index contributed by atoms with van der Waals surface area (Å²) >= 11 is 0. The van der Waals surface area contributed by atoms with Crippen molar-refractivity contribution in [1.29, 1.82) is 0 Å². The van der Waals surface area contributed by atoms with Crippen LogP contribution in [0.5, 0.6) is 23.0 Å². The summed E-state index contributed by atoms with van der Waals surface area (Å²) in [5, 5.41) is 1.44. The van der Waals surface area contributed by atoms with Gasteiger partial charge in [-0.05, 0) is 64.9 Å². The van der Waals surface area contributed by atoms with Crippen LogP contribution in [0.2, 0.25) is 19.6 Å². The summed E-state index contributed by atoms with van der Waals surface area (Å²) in [4.78, 5) is 4.92. The lowest BCUT2D eigenvalue weighted by molar-refractivity contribution is 0.477. The molecule has 0 saturated heterocycles. The van der Waals surface area contributed by atoms with Gasteiger partial charge in [0.25, 0.3) is 6.71 Å². The molecule has 0 aliphatic carbocycles. The molecule has 5 aromatic rings. The Labute approximate surface area is 229 Å². The predicted molar refractivity (Wildman–Crippen MR) is 164 cm³/mol. The zero-order valence-corrected chi connectivity index (χ0v) is 23.0. The van der Waals surface area contributed by atoms with E-state index < -0.39 is 8.07 Å². The third kappa shape index (κ3) is 2.69. The molecule has 6 heteroatoms. The van der Waals surface area contributed by atoms with Crippen LogP contribution in [0.3, 0.4) is 0 Å². The Kier molecular flexibility index (Phi) is 3.95. The molecule has 0 unspecified atom stereocenters. The largest absolute Gasteiger partial charge is 0.453 e. The number of benzene rings is 5. The maximum absolute atomic E-state index is 6.52. The average Bonchev–Trinajstić information content (AvgIpc) is 2.95. The first-order valence-electron chi connectivity index (χ1n) is 13.6. The van der Waals surface area contributed by atoms with Crippen molar-refractivity contribution in [2.75, 3.05) is 9.80 Å². The smallest absolute Gasteiger partial charge is 0.252 e. The lowest BCUT2D eigenvalue weighted by Crippen LogP contribution is -2.62. The second-order valence-electron chi connectivity index (χ2n) is 11.8. The van der Waals surface area contributed by atoms with Crippen molar-refractivity contribution in [1.82, 2.24) is 0 Å². The molecule has 0 radical (unpaired) electrons.